The number of benzene rings is 2. The topological polar surface area (TPSA) is 113 Å². The van der Waals surface area contributed by atoms with Gasteiger partial charge in [0.2, 0.25) is 0 Å². The summed E-state index contributed by atoms with van der Waals surface area (Å²) in [4.78, 5) is 8.63. The number of hydrogen-bond donors (Lipinski definition) is 3. The fraction of sp³-hybridized carbons (Fsp3) is 0.214. The first-order chi connectivity index (χ1) is 18.4. The fourth-order valence-electron chi connectivity index (χ4n) is 4.27. The molecule has 0 aliphatic carbocycles. The van der Waals surface area contributed by atoms with Crippen molar-refractivity contribution in [3.8, 4) is 17.0 Å². The maximum absolute atomic E-state index is 12.6. The van der Waals surface area contributed by atoms with Gasteiger partial charge in [-0.3, -0.25) is 14.7 Å². The Bertz CT molecular complexity index is 1480. The van der Waals surface area contributed by atoms with E-state index in [2.05, 4.69) is 26.1 Å². The number of aliphatic hydroxyl groups is 1. The van der Waals surface area contributed by atoms with Gasteiger partial charge in [-0.15, -0.1) is 0 Å². The number of rotatable bonds is 9. The molecule has 8 nitrogen and oxygen atoms in total. The van der Waals surface area contributed by atoms with Gasteiger partial charge in [-0.25, -0.2) is 8.42 Å². The van der Waals surface area contributed by atoms with E-state index in [-0.39, 0.29) is 11.0 Å². The maximum atomic E-state index is 12.6. The zero-order valence-corrected chi connectivity index (χ0v) is 22.0. The van der Waals surface area contributed by atoms with E-state index in [1.807, 2.05) is 24.3 Å². The number of nitrogens with zero attached hydrogens (tertiary/aromatic N) is 2. The van der Waals surface area contributed by atoms with Crippen molar-refractivity contribution in [3.05, 3.63) is 101 Å². The second kappa shape index (κ2) is 11.5. The van der Waals surface area contributed by atoms with E-state index in [0.29, 0.717) is 23.8 Å². The SMILES string of the molecule is O=S(=O)(Nc1ccc(-c2ccc3c(c2)CC[C@H](CNC[C@H](O)c2cccnc2)O3)nc1)c1ccc(Cl)cc1. The highest BCUT2D eigenvalue weighted by atomic mass is 35.5. The molecule has 0 saturated carbocycles. The number of hydrogen-bond acceptors (Lipinski definition) is 7. The summed E-state index contributed by atoms with van der Waals surface area (Å²) in [5, 5.41) is 14.0. The summed E-state index contributed by atoms with van der Waals surface area (Å²) < 4.78 is 33.9. The van der Waals surface area contributed by atoms with Gasteiger partial charge in [0, 0.05) is 41.6 Å². The molecule has 3 heterocycles. The van der Waals surface area contributed by atoms with Gasteiger partial charge in [0.25, 0.3) is 10.0 Å². The van der Waals surface area contributed by atoms with Crippen LogP contribution >= 0.6 is 11.6 Å². The summed E-state index contributed by atoms with van der Waals surface area (Å²) >= 11 is 5.85. The van der Waals surface area contributed by atoms with E-state index in [9.17, 15) is 13.5 Å². The molecule has 0 fully saturated rings. The van der Waals surface area contributed by atoms with Gasteiger partial charge in [0.15, 0.2) is 0 Å². The normalized spacial score (nSPS) is 15.8. The predicted molar refractivity (Wildman–Crippen MR) is 147 cm³/mol. The van der Waals surface area contributed by atoms with E-state index in [0.717, 1.165) is 41.0 Å². The minimum absolute atomic E-state index is 0.0144. The van der Waals surface area contributed by atoms with Crippen LogP contribution in [0.25, 0.3) is 11.3 Å². The van der Waals surface area contributed by atoms with Crippen LogP contribution in [0.1, 0.15) is 23.7 Å². The number of anilines is 1. The third kappa shape index (κ3) is 6.31. The Labute approximate surface area is 226 Å². The summed E-state index contributed by atoms with van der Waals surface area (Å²) in [6.07, 6.45) is 5.96. The third-order valence-corrected chi connectivity index (χ3v) is 7.95. The average molecular weight is 551 g/mol. The molecule has 0 bridgehead atoms. The van der Waals surface area contributed by atoms with E-state index < -0.39 is 16.1 Å². The van der Waals surface area contributed by atoms with Crippen LogP contribution in [0, 0.1) is 0 Å². The molecule has 0 unspecified atom stereocenters. The van der Waals surface area contributed by atoms with Crippen molar-refractivity contribution in [3.63, 3.8) is 0 Å². The monoisotopic (exact) mass is 550 g/mol. The molecule has 10 heteroatoms. The Balaban J connectivity index is 1.17. The standard InChI is InChI=1S/C28H27ClN4O4S/c29-22-5-9-25(10-6-22)38(35,36)33-23-7-11-26(32-16-23)19-4-12-28-20(14-19)3-8-24(37-28)17-31-18-27(34)21-2-1-13-30-15-21/h1-2,4-7,9-16,24,27,31,33-34H,3,8,17-18H2/t24-,27+/m1/s1. The van der Waals surface area contributed by atoms with Crippen LogP contribution in [0.4, 0.5) is 5.69 Å². The molecule has 0 saturated heterocycles. The summed E-state index contributed by atoms with van der Waals surface area (Å²) in [6, 6.07) is 19.1. The zero-order valence-electron chi connectivity index (χ0n) is 20.4. The molecule has 1 aliphatic rings. The molecule has 2 aromatic carbocycles. The van der Waals surface area contributed by atoms with E-state index >= 15 is 0 Å². The molecular formula is C28H27ClN4O4S. The van der Waals surface area contributed by atoms with Crippen molar-refractivity contribution in [2.45, 2.75) is 29.9 Å². The molecule has 5 rings (SSSR count). The van der Waals surface area contributed by atoms with Gasteiger partial charge in [-0.05, 0) is 79.1 Å². The van der Waals surface area contributed by atoms with Gasteiger partial charge in [-0.1, -0.05) is 17.7 Å². The van der Waals surface area contributed by atoms with E-state index in [4.69, 9.17) is 16.3 Å². The molecule has 38 heavy (non-hydrogen) atoms. The zero-order chi connectivity index (χ0) is 26.5. The number of ether oxygens (including phenoxy) is 1. The highest BCUT2D eigenvalue weighted by molar-refractivity contribution is 7.92. The number of pyridine rings is 2. The number of halogens is 1. The van der Waals surface area contributed by atoms with Gasteiger partial charge in [0.1, 0.15) is 11.9 Å². The summed E-state index contributed by atoms with van der Waals surface area (Å²) in [5.41, 5.74) is 3.91. The van der Waals surface area contributed by atoms with Crippen LogP contribution in [0.2, 0.25) is 5.02 Å². The minimum atomic E-state index is -3.74. The van der Waals surface area contributed by atoms with E-state index in [1.54, 1.807) is 24.5 Å². The largest absolute Gasteiger partial charge is 0.489 e. The van der Waals surface area contributed by atoms with Crippen molar-refractivity contribution in [2.24, 2.45) is 0 Å². The van der Waals surface area contributed by atoms with Crippen LogP contribution in [-0.4, -0.2) is 42.7 Å². The number of aliphatic hydroxyl groups excluding tert-OH is 1. The van der Waals surface area contributed by atoms with Crippen LogP contribution < -0.4 is 14.8 Å². The smallest absolute Gasteiger partial charge is 0.261 e. The Kier molecular flexibility index (Phi) is 7.90. The van der Waals surface area contributed by atoms with Crippen molar-refractivity contribution < 1.29 is 18.3 Å². The number of fused-ring (bicyclic) bond motifs is 1. The first-order valence-electron chi connectivity index (χ1n) is 12.2. The lowest BCUT2D eigenvalue weighted by Gasteiger charge is -2.27. The summed E-state index contributed by atoms with van der Waals surface area (Å²) in [6.45, 7) is 1.06. The highest BCUT2D eigenvalue weighted by Gasteiger charge is 2.21. The maximum Gasteiger partial charge on any atom is 0.261 e. The van der Waals surface area contributed by atoms with E-state index in [1.165, 1.54) is 30.5 Å². The van der Waals surface area contributed by atoms with Crippen molar-refractivity contribution in [1.82, 2.24) is 15.3 Å². The quantitative estimate of drug-likeness (QED) is 0.279. The molecule has 2 atom stereocenters. The van der Waals surface area contributed by atoms with Crippen molar-refractivity contribution in [2.75, 3.05) is 17.8 Å². The predicted octanol–water partition coefficient (Wildman–Crippen LogP) is 4.61. The number of nitrogens with one attached hydrogen (secondary N) is 2. The number of sulfonamides is 1. The summed E-state index contributed by atoms with van der Waals surface area (Å²) in [5.74, 6) is 0.840. The Hall–Kier alpha value is -3.50. The first-order valence-corrected chi connectivity index (χ1v) is 14.1. The van der Waals surface area contributed by atoms with Crippen molar-refractivity contribution in [1.29, 1.82) is 0 Å². The van der Waals surface area contributed by atoms with Crippen LogP contribution in [0.15, 0.2) is 90.2 Å². The average Bonchev–Trinajstić information content (AvgIpc) is 2.93. The molecule has 196 valence electrons. The van der Waals surface area contributed by atoms with Crippen LogP contribution in [0.5, 0.6) is 5.75 Å². The lowest BCUT2D eigenvalue weighted by atomic mass is 9.98. The highest BCUT2D eigenvalue weighted by Crippen LogP contribution is 2.32. The van der Waals surface area contributed by atoms with Gasteiger partial charge < -0.3 is 15.2 Å². The Morgan fingerprint density at radius 1 is 1.08 bits per heavy atom. The molecule has 0 amide bonds. The first kappa shape index (κ1) is 26.1. The molecule has 3 N–H and O–H groups in total. The Morgan fingerprint density at radius 2 is 1.92 bits per heavy atom. The molecule has 4 aromatic rings. The van der Waals surface area contributed by atoms with Crippen LogP contribution in [-0.2, 0) is 16.4 Å². The number of aryl methyl sites for hydroxylation is 1. The third-order valence-electron chi connectivity index (χ3n) is 6.30. The number of aromatic nitrogens is 2. The second-order valence-electron chi connectivity index (χ2n) is 9.05. The Morgan fingerprint density at radius 3 is 2.66 bits per heavy atom. The summed E-state index contributed by atoms with van der Waals surface area (Å²) in [7, 11) is -3.74. The molecule has 0 radical (unpaired) electrons. The molecule has 0 spiro atoms. The fourth-order valence-corrected chi connectivity index (χ4v) is 5.44. The van der Waals surface area contributed by atoms with Crippen molar-refractivity contribution >= 4 is 27.3 Å². The molecule has 1 aliphatic heterocycles. The second-order valence-corrected chi connectivity index (χ2v) is 11.2. The molecule has 2 aromatic heterocycles. The lowest BCUT2D eigenvalue weighted by molar-refractivity contribution is 0.146. The lowest BCUT2D eigenvalue weighted by Crippen LogP contribution is -2.36. The minimum Gasteiger partial charge on any atom is -0.489 e. The molecular weight excluding hydrogens is 524 g/mol. The van der Waals surface area contributed by atoms with Gasteiger partial charge in [-0.2, -0.15) is 0 Å². The van der Waals surface area contributed by atoms with Crippen LogP contribution in [0.3, 0.4) is 0 Å². The van der Waals surface area contributed by atoms with Gasteiger partial charge >= 0.3 is 0 Å². The van der Waals surface area contributed by atoms with Gasteiger partial charge in [0.05, 0.1) is 28.6 Å².